The van der Waals surface area contributed by atoms with Gasteiger partial charge < -0.3 is 15.4 Å². The number of carbonyl (C=O) groups is 2. The Kier molecular flexibility index (Phi) is 4.39. The Balaban J connectivity index is 1.99. The monoisotopic (exact) mass is 200 g/mol. The molecular weight excluding hydrogens is 184 g/mol. The van der Waals surface area contributed by atoms with Crippen LogP contribution in [0.4, 0.5) is 0 Å². The summed E-state index contributed by atoms with van der Waals surface area (Å²) in [7, 11) is 1.57. The van der Waals surface area contributed by atoms with Gasteiger partial charge in [-0.2, -0.15) is 0 Å². The van der Waals surface area contributed by atoms with E-state index >= 15 is 0 Å². The number of methoxy groups -OCH3 is 1. The van der Waals surface area contributed by atoms with Crippen molar-refractivity contribution in [1.82, 2.24) is 10.6 Å². The third-order valence-electron chi connectivity index (χ3n) is 2.00. The van der Waals surface area contributed by atoms with E-state index in [1.807, 2.05) is 0 Å². The maximum atomic E-state index is 11.1. The van der Waals surface area contributed by atoms with Crippen molar-refractivity contribution in [2.75, 3.05) is 26.8 Å². The smallest absolute Gasteiger partial charge is 0.239 e. The molecule has 1 rings (SSSR count). The van der Waals surface area contributed by atoms with Gasteiger partial charge in [-0.1, -0.05) is 0 Å². The fourth-order valence-corrected chi connectivity index (χ4v) is 1.01. The second-order valence-electron chi connectivity index (χ2n) is 3.33. The molecule has 14 heavy (non-hydrogen) atoms. The summed E-state index contributed by atoms with van der Waals surface area (Å²) in [6.07, 6.45) is 1.91. The zero-order valence-electron chi connectivity index (χ0n) is 8.34. The van der Waals surface area contributed by atoms with Gasteiger partial charge in [0.1, 0.15) is 0 Å². The molecule has 0 unspecified atom stereocenters. The second-order valence-corrected chi connectivity index (χ2v) is 3.33. The minimum Gasteiger partial charge on any atom is -0.383 e. The maximum absolute atomic E-state index is 11.1. The van der Waals surface area contributed by atoms with E-state index in [0.717, 1.165) is 12.8 Å². The Labute approximate surface area is 83.2 Å². The average molecular weight is 200 g/mol. The molecule has 0 heterocycles. The van der Waals surface area contributed by atoms with Crippen molar-refractivity contribution in [3.8, 4) is 0 Å². The highest BCUT2D eigenvalue weighted by Crippen LogP contribution is 2.28. The number of rotatable bonds is 6. The standard InChI is InChI=1S/C9H16N2O3/c1-14-5-4-10-8(12)6-11-9(13)7-2-3-7/h7H,2-6H2,1H3,(H,10,12)(H,11,13). The molecule has 0 spiro atoms. The van der Waals surface area contributed by atoms with Gasteiger partial charge in [-0.3, -0.25) is 9.59 Å². The molecule has 0 atom stereocenters. The fraction of sp³-hybridized carbons (Fsp3) is 0.778. The van der Waals surface area contributed by atoms with Crippen molar-refractivity contribution in [1.29, 1.82) is 0 Å². The number of amides is 2. The van der Waals surface area contributed by atoms with E-state index in [2.05, 4.69) is 10.6 Å². The van der Waals surface area contributed by atoms with Crippen LogP contribution in [0.2, 0.25) is 0 Å². The van der Waals surface area contributed by atoms with E-state index in [-0.39, 0.29) is 24.3 Å². The van der Waals surface area contributed by atoms with Crippen molar-refractivity contribution in [2.24, 2.45) is 5.92 Å². The molecule has 0 bridgehead atoms. The van der Waals surface area contributed by atoms with Gasteiger partial charge in [0.05, 0.1) is 13.2 Å². The normalized spacial score (nSPS) is 14.9. The summed E-state index contributed by atoms with van der Waals surface area (Å²) in [6, 6.07) is 0. The maximum Gasteiger partial charge on any atom is 0.239 e. The van der Waals surface area contributed by atoms with Crippen molar-refractivity contribution in [3.05, 3.63) is 0 Å². The van der Waals surface area contributed by atoms with Gasteiger partial charge in [0.15, 0.2) is 0 Å². The molecular formula is C9H16N2O3. The molecule has 0 aromatic heterocycles. The molecule has 1 saturated carbocycles. The van der Waals surface area contributed by atoms with Gasteiger partial charge in [-0.25, -0.2) is 0 Å². The predicted octanol–water partition coefficient (Wildman–Crippen LogP) is -0.725. The number of carbonyl (C=O) groups excluding carboxylic acids is 2. The van der Waals surface area contributed by atoms with Gasteiger partial charge in [-0.15, -0.1) is 0 Å². The van der Waals surface area contributed by atoms with E-state index in [4.69, 9.17) is 4.74 Å². The van der Waals surface area contributed by atoms with Crippen molar-refractivity contribution in [3.63, 3.8) is 0 Å². The molecule has 80 valence electrons. The molecule has 0 aromatic rings. The minimum absolute atomic E-state index is 0.00751. The summed E-state index contributed by atoms with van der Waals surface area (Å²) in [5.41, 5.74) is 0. The van der Waals surface area contributed by atoms with Crippen LogP contribution in [0.5, 0.6) is 0 Å². The Morgan fingerprint density at radius 1 is 1.36 bits per heavy atom. The predicted molar refractivity (Wildman–Crippen MR) is 50.6 cm³/mol. The molecule has 1 fully saturated rings. The molecule has 5 heteroatoms. The second kappa shape index (κ2) is 5.59. The van der Waals surface area contributed by atoms with Crippen LogP contribution in [-0.2, 0) is 14.3 Å². The SMILES string of the molecule is COCCNC(=O)CNC(=O)C1CC1. The van der Waals surface area contributed by atoms with Crippen molar-refractivity contribution in [2.45, 2.75) is 12.8 Å². The first-order chi connectivity index (χ1) is 6.74. The van der Waals surface area contributed by atoms with Crippen LogP contribution in [0.15, 0.2) is 0 Å². The lowest BCUT2D eigenvalue weighted by atomic mass is 10.4. The lowest BCUT2D eigenvalue weighted by Gasteiger charge is -2.05. The lowest BCUT2D eigenvalue weighted by Crippen LogP contribution is -2.38. The van der Waals surface area contributed by atoms with Crippen LogP contribution in [0.3, 0.4) is 0 Å². The van der Waals surface area contributed by atoms with Crippen LogP contribution in [0, 0.1) is 5.92 Å². The molecule has 0 aromatic carbocycles. The third-order valence-corrected chi connectivity index (χ3v) is 2.00. The molecule has 2 amide bonds. The lowest BCUT2D eigenvalue weighted by molar-refractivity contribution is -0.126. The molecule has 0 aliphatic heterocycles. The number of nitrogens with one attached hydrogen (secondary N) is 2. The number of hydrogen-bond acceptors (Lipinski definition) is 3. The first kappa shape index (κ1) is 11.0. The minimum atomic E-state index is -0.170. The third kappa shape index (κ3) is 4.23. The Morgan fingerprint density at radius 3 is 2.64 bits per heavy atom. The van der Waals surface area contributed by atoms with Crippen LogP contribution in [0.1, 0.15) is 12.8 Å². The summed E-state index contributed by atoms with van der Waals surface area (Å²) in [4.78, 5) is 22.2. The first-order valence-corrected chi connectivity index (χ1v) is 4.77. The van der Waals surface area contributed by atoms with Gasteiger partial charge in [0, 0.05) is 19.6 Å². The van der Waals surface area contributed by atoms with Crippen LogP contribution in [-0.4, -0.2) is 38.6 Å². The van der Waals surface area contributed by atoms with Gasteiger partial charge in [0.25, 0.3) is 0 Å². The highest BCUT2D eigenvalue weighted by atomic mass is 16.5. The number of ether oxygens (including phenoxy) is 1. The van der Waals surface area contributed by atoms with E-state index in [9.17, 15) is 9.59 Å². The Morgan fingerprint density at radius 2 is 2.07 bits per heavy atom. The summed E-state index contributed by atoms with van der Waals surface area (Å²) >= 11 is 0. The molecule has 1 aliphatic rings. The van der Waals surface area contributed by atoms with Gasteiger partial charge in [0.2, 0.25) is 11.8 Å². The largest absolute Gasteiger partial charge is 0.383 e. The summed E-state index contributed by atoms with van der Waals surface area (Å²) in [5.74, 6) is -0.0234. The average Bonchev–Trinajstić information content (AvgIpc) is 2.98. The van der Waals surface area contributed by atoms with Crippen LogP contribution in [0.25, 0.3) is 0 Å². The summed E-state index contributed by atoms with van der Waals surface area (Å²) in [6.45, 7) is 1.04. The zero-order chi connectivity index (χ0) is 10.4. The van der Waals surface area contributed by atoms with E-state index in [0.29, 0.717) is 13.2 Å². The molecule has 1 aliphatic carbocycles. The fourth-order valence-electron chi connectivity index (χ4n) is 1.01. The van der Waals surface area contributed by atoms with Gasteiger partial charge >= 0.3 is 0 Å². The highest BCUT2D eigenvalue weighted by Gasteiger charge is 2.29. The topological polar surface area (TPSA) is 67.4 Å². The molecule has 0 saturated heterocycles. The zero-order valence-corrected chi connectivity index (χ0v) is 8.34. The van der Waals surface area contributed by atoms with Crippen molar-refractivity contribution < 1.29 is 14.3 Å². The summed E-state index contributed by atoms with van der Waals surface area (Å²) in [5, 5.41) is 5.20. The highest BCUT2D eigenvalue weighted by molar-refractivity contribution is 5.86. The van der Waals surface area contributed by atoms with Crippen LogP contribution >= 0.6 is 0 Å². The summed E-state index contributed by atoms with van der Waals surface area (Å²) < 4.78 is 4.76. The molecule has 5 nitrogen and oxygen atoms in total. The van der Waals surface area contributed by atoms with Gasteiger partial charge in [-0.05, 0) is 12.8 Å². The van der Waals surface area contributed by atoms with E-state index in [1.165, 1.54) is 0 Å². The van der Waals surface area contributed by atoms with Crippen LogP contribution < -0.4 is 10.6 Å². The Bertz CT molecular complexity index is 214. The first-order valence-electron chi connectivity index (χ1n) is 4.77. The Hall–Kier alpha value is -1.10. The van der Waals surface area contributed by atoms with E-state index in [1.54, 1.807) is 7.11 Å². The molecule has 2 N–H and O–H groups in total. The quantitative estimate of drug-likeness (QED) is 0.556. The number of hydrogen-bond donors (Lipinski definition) is 2. The van der Waals surface area contributed by atoms with E-state index < -0.39 is 0 Å². The molecule has 0 radical (unpaired) electrons. The van der Waals surface area contributed by atoms with Crippen molar-refractivity contribution >= 4 is 11.8 Å².